The highest BCUT2D eigenvalue weighted by Crippen LogP contribution is 2.31. The molecule has 1 amide bonds. The second-order valence-electron chi connectivity index (χ2n) is 7.70. The van der Waals surface area contributed by atoms with Crippen LogP contribution < -0.4 is 0 Å². The summed E-state index contributed by atoms with van der Waals surface area (Å²) in [5.41, 5.74) is 4.07. The molecule has 3 rings (SSSR count). The first-order valence-electron chi connectivity index (χ1n) is 11.0. The number of hydrogen-bond acceptors (Lipinski definition) is 5. The lowest BCUT2D eigenvalue weighted by molar-refractivity contribution is -0.132. The molecule has 2 N–H and O–H groups in total. The number of rotatable bonds is 12. The Labute approximate surface area is 183 Å². The molecule has 0 aliphatic heterocycles. The number of nitrogens with one attached hydrogen (secondary N) is 1. The van der Waals surface area contributed by atoms with Gasteiger partial charge in [-0.1, -0.05) is 55.8 Å². The zero-order chi connectivity index (χ0) is 21.9. The Bertz CT molecular complexity index is 928. The summed E-state index contributed by atoms with van der Waals surface area (Å²) in [5.74, 6) is 0.786. The normalized spacial score (nSPS) is 10.9. The molecule has 0 aliphatic rings. The van der Waals surface area contributed by atoms with E-state index in [9.17, 15) is 4.79 Å². The van der Waals surface area contributed by atoms with Gasteiger partial charge in [0.2, 0.25) is 5.91 Å². The van der Waals surface area contributed by atoms with Crippen molar-refractivity contribution in [2.75, 3.05) is 13.2 Å². The standard InChI is InChI=1S/C24H31N5O2/c1-2-3-12-23(31)29(15-8-5-9-16-30)18-19-13-14-21(20-10-6-4-7-11-20)22(17-19)24-25-27-28-26-24/h4,6-7,10-11,13-14,17,30H,2-3,5,8-9,12,15-16,18H2,1H3,(H,25,26,27,28). The number of H-pyrrole nitrogens is 1. The van der Waals surface area contributed by atoms with E-state index in [1.165, 1.54) is 0 Å². The fourth-order valence-electron chi connectivity index (χ4n) is 3.62. The minimum atomic E-state index is 0.181. The van der Waals surface area contributed by atoms with Gasteiger partial charge in [-0.3, -0.25) is 4.79 Å². The number of amides is 1. The van der Waals surface area contributed by atoms with Crippen LogP contribution in [-0.4, -0.2) is 49.7 Å². The van der Waals surface area contributed by atoms with Gasteiger partial charge in [-0.25, -0.2) is 5.10 Å². The van der Waals surface area contributed by atoms with Crippen LogP contribution in [0.15, 0.2) is 48.5 Å². The number of nitrogens with zero attached hydrogens (tertiary/aromatic N) is 4. The number of unbranched alkanes of at least 4 members (excludes halogenated alkanes) is 3. The fraction of sp³-hybridized carbons (Fsp3) is 0.417. The van der Waals surface area contributed by atoms with Crippen molar-refractivity contribution in [1.82, 2.24) is 25.5 Å². The lowest BCUT2D eigenvalue weighted by Crippen LogP contribution is -2.31. The van der Waals surface area contributed by atoms with Crippen LogP contribution in [0.1, 0.15) is 51.0 Å². The monoisotopic (exact) mass is 421 g/mol. The summed E-state index contributed by atoms with van der Waals surface area (Å²) < 4.78 is 0. The van der Waals surface area contributed by atoms with Gasteiger partial charge in [0.1, 0.15) is 0 Å². The molecule has 0 radical (unpaired) electrons. The summed E-state index contributed by atoms with van der Waals surface area (Å²) in [5, 5.41) is 23.5. The Morgan fingerprint density at radius 2 is 1.87 bits per heavy atom. The summed E-state index contributed by atoms with van der Waals surface area (Å²) in [6, 6.07) is 16.3. The SMILES string of the molecule is CCCCC(=O)N(CCCCCO)Cc1ccc(-c2ccccc2)c(-c2nnn[nH]2)c1. The Morgan fingerprint density at radius 3 is 2.58 bits per heavy atom. The van der Waals surface area contributed by atoms with Crippen molar-refractivity contribution in [3.8, 4) is 22.5 Å². The Balaban J connectivity index is 1.85. The molecule has 0 unspecified atom stereocenters. The van der Waals surface area contributed by atoms with E-state index in [1.807, 2.05) is 23.1 Å². The van der Waals surface area contributed by atoms with Crippen molar-refractivity contribution in [3.05, 3.63) is 54.1 Å². The van der Waals surface area contributed by atoms with Crippen molar-refractivity contribution in [1.29, 1.82) is 0 Å². The molecule has 3 aromatic rings. The molecule has 0 bridgehead atoms. The van der Waals surface area contributed by atoms with E-state index < -0.39 is 0 Å². The average Bonchev–Trinajstić information content (AvgIpc) is 3.35. The lowest BCUT2D eigenvalue weighted by atomic mass is 9.96. The van der Waals surface area contributed by atoms with Gasteiger partial charge in [0.15, 0.2) is 5.82 Å². The Hall–Kier alpha value is -3.06. The zero-order valence-electron chi connectivity index (χ0n) is 18.1. The number of carbonyl (C=O) groups is 1. The molecule has 0 aliphatic carbocycles. The quantitative estimate of drug-likeness (QED) is 0.427. The zero-order valence-corrected chi connectivity index (χ0v) is 18.1. The van der Waals surface area contributed by atoms with Gasteiger partial charge in [0.25, 0.3) is 0 Å². The molecule has 1 heterocycles. The van der Waals surface area contributed by atoms with E-state index in [-0.39, 0.29) is 12.5 Å². The van der Waals surface area contributed by atoms with Crippen molar-refractivity contribution in [2.45, 2.75) is 52.0 Å². The van der Waals surface area contributed by atoms with Crippen LogP contribution in [0.25, 0.3) is 22.5 Å². The number of tetrazole rings is 1. The van der Waals surface area contributed by atoms with E-state index in [2.05, 4.69) is 57.9 Å². The van der Waals surface area contributed by atoms with Crippen LogP contribution in [0.3, 0.4) is 0 Å². The molecule has 7 nitrogen and oxygen atoms in total. The van der Waals surface area contributed by atoms with Gasteiger partial charge < -0.3 is 10.0 Å². The van der Waals surface area contributed by atoms with Crippen molar-refractivity contribution in [2.24, 2.45) is 0 Å². The van der Waals surface area contributed by atoms with Crippen LogP contribution in [0.4, 0.5) is 0 Å². The molecule has 2 aromatic carbocycles. The number of carbonyl (C=O) groups excluding carboxylic acids is 1. The first-order valence-corrected chi connectivity index (χ1v) is 11.0. The maximum atomic E-state index is 12.8. The van der Waals surface area contributed by atoms with Crippen molar-refractivity contribution < 1.29 is 9.90 Å². The average molecular weight is 422 g/mol. The van der Waals surface area contributed by atoms with Crippen LogP contribution in [-0.2, 0) is 11.3 Å². The highest BCUT2D eigenvalue weighted by molar-refractivity contribution is 5.81. The largest absolute Gasteiger partial charge is 0.396 e. The van der Waals surface area contributed by atoms with Gasteiger partial charge in [0.05, 0.1) is 0 Å². The number of benzene rings is 2. The smallest absolute Gasteiger partial charge is 0.222 e. The predicted molar refractivity (Wildman–Crippen MR) is 121 cm³/mol. The molecule has 0 saturated heterocycles. The number of aliphatic hydroxyl groups is 1. The third-order valence-corrected chi connectivity index (χ3v) is 5.33. The number of aliphatic hydroxyl groups excluding tert-OH is 1. The van der Waals surface area contributed by atoms with Gasteiger partial charge in [0, 0.05) is 31.7 Å². The first-order chi connectivity index (χ1) is 15.2. The molecule has 0 fully saturated rings. The predicted octanol–water partition coefficient (Wildman–Crippen LogP) is 4.22. The Morgan fingerprint density at radius 1 is 1.03 bits per heavy atom. The van der Waals surface area contributed by atoms with Gasteiger partial charge >= 0.3 is 0 Å². The summed E-state index contributed by atoms with van der Waals surface area (Å²) in [6.45, 7) is 3.53. The summed E-state index contributed by atoms with van der Waals surface area (Å²) in [7, 11) is 0. The number of aromatic nitrogens is 4. The van der Waals surface area contributed by atoms with E-state index in [4.69, 9.17) is 5.11 Å². The van der Waals surface area contributed by atoms with Gasteiger partial charge in [-0.2, -0.15) is 0 Å². The van der Waals surface area contributed by atoms with Crippen molar-refractivity contribution in [3.63, 3.8) is 0 Å². The summed E-state index contributed by atoms with van der Waals surface area (Å²) >= 11 is 0. The molecule has 0 atom stereocenters. The topological polar surface area (TPSA) is 95.0 Å². The van der Waals surface area contributed by atoms with Crippen LogP contribution in [0, 0.1) is 0 Å². The van der Waals surface area contributed by atoms with E-state index in [1.54, 1.807) is 0 Å². The molecule has 1 aromatic heterocycles. The third-order valence-electron chi connectivity index (χ3n) is 5.33. The molecule has 164 valence electrons. The lowest BCUT2D eigenvalue weighted by Gasteiger charge is -2.23. The fourth-order valence-corrected chi connectivity index (χ4v) is 3.62. The first kappa shape index (κ1) is 22.6. The van der Waals surface area contributed by atoms with Crippen LogP contribution >= 0.6 is 0 Å². The molecular weight excluding hydrogens is 390 g/mol. The minimum absolute atomic E-state index is 0.181. The second kappa shape index (κ2) is 12.0. The molecule has 31 heavy (non-hydrogen) atoms. The van der Waals surface area contributed by atoms with Crippen LogP contribution in [0.5, 0.6) is 0 Å². The summed E-state index contributed by atoms with van der Waals surface area (Å²) in [6.07, 6.45) is 5.03. The van der Waals surface area contributed by atoms with E-state index >= 15 is 0 Å². The molecule has 0 spiro atoms. The second-order valence-corrected chi connectivity index (χ2v) is 7.70. The highest BCUT2D eigenvalue weighted by atomic mass is 16.2. The number of hydrogen-bond donors (Lipinski definition) is 2. The highest BCUT2D eigenvalue weighted by Gasteiger charge is 2.16. The summed E-state index contributed by atoms with van der Waals surface area (Å²) in [4.78, 5) is 14.7. The van der Waals surface area contributed by atoms with Crippen molar-refractivity contribution >= 4 is 5.91 Å². The van der Waals surface area contributed by atoms with Gasteiger partial charge in [-0.05, 0) is 58.9 Å². The molecule has 7 heteroatoms. The number of aromatic amines is 1. The minimum Gasteiger partial charge on any atom is -0.396 e. The maximum absolute atomic E-state index is 12.8. The third kappa shape index (κ3) is 6.46. The van der Waals surface area contributed by atoms with Crippen LogP contribution in [0.2, 0.25) is 0 Å². The Kier molecular flexibility index (Phi) is 8.72. The van der Waals surface area contributed by atoms with E-state index in [0.717, 1.165) is 54.4 Å². The molecule has 0 saturated carbocycles. The van der Waals surface area contributed by atoms with E-state index in [0.29, 0.717) is 25.3 Å². The molecular formula is C24H31N5O2. The van der Waals surface area contributed by atoms with Gasteiger partial charge in [-0.15, -0.1) is 5.10 Å². The maximum Gasteiger partial charge on any atom is 0.222 e.